The first-order valence-electron chi connectivity index (χ1n) is 7.25. The summed E-state index contributed by atoms with van der Waals surface area (Å²) in [5.41, 5.74) is 1.72. The van der Waals surface area contributed by atoms with Crippen LogP contribution in [-0.2, 0) is 0 Å². The molecule has 114 valence electrons. The maximum absolute atomic E-state index is 9.29. The van der Waals surface area contributed by atoms with E-state index in [0.29, 0.717) is 5.16 Å². The quantitative estimate of drug-likeness (QED) is 0.535. The number of tetrazole rings is 1. The molecule has 1 aromatic carbocycles. The van der Waals surface area contributed by atoms with E-state index in [0.717, 1.165) is 37.1 Å². The second-order valence-electron chi connectivity index (χ2n) is 4.99. The van der Waals surface area contributed by atoms with Gasteiger partial charge in [-0.3, -0.25) is 0 Å². The summed E-state index contributed by atoms with van der Waals surface area (Å²) in [7, 11) is 0. The number of hydrogen-bond donors (Lipinski definition) is 1. The molecule has 0 saturated carbocycles. The predicted molar refractivity (Wildman–Crippen MR) is 85.6 cm³/mol. The van der Waals surface area contributed by atoms with Crippen LogP contribution < -0.4 is 0 Å². The largest absolute Gasteiger partial charge is 0.411 e. The summed E-state index contributed by atoms with van der Waals surface area (Å²) in [5.74, 6) is 0. The highest BCUT2D eigenvalue weighted by molar-refractivity contribution is 8.00. The molecular weight excluding hydrogens is 298 g/mol. The molecule has 1 unspecified atom stereocenters. The molecule has 0 bridgehead atoms. The SMILES string of the molecule is O/N=C1\CC/C=C\CCC1Sc1nnnn1-c1ccccc1. The zero-order valence-corrected chi connectivity index (χ0v) is 12.9. The number of rotatable bonds is 3. The van der Waals surface area contributed by atoms with E-state index in [1.54, 1.807) is 16.4 Å². The maximum Gasteiger partial charge on any atom is 0.214 e. The van der Waals surface area contributed by atoms with Gasteiger partial charge in [0.15, 0.2) is 0 Å². The third-order valence-corrected chi connectivity index (χ3v) is 4.78. The molecule has 1 N–H and O–H groups in total. The maximum atomic E-state index is 9.29. The average molecular weight is 315 g/mol. The van der Waals surface area contributed by atoms with Gasteiger partial charge in [-0.25, -0.2) is 0 Å². The smallest absolute Gasteiger partial charge is 0.214 e. The molecule has 22 heavy (non-hydrogen) atoms. The third-order valence-electron chi connectivity index (χ3n) is 3.52. The fraction of sp³-hybridized carbons (Fsp3) is 0.333. The van der Waals surface area contributed by atoms with Crippen LogP contribution in [0.1, 0.15) is 25.7 Å². The molecule has 1 aromatic heterocycles. The first-order chi connectivity index (χ1) is 10.9. The van der Waals surface area contributed by atoms with Crippen molar-refractivity contribution in [2.45, 2.75) is 36.1 Å². The van der Waals surface area contributed by atoms with Gasteiger partial charge in [0.25, 0.3) is 0 Å². The Balaban J connectivity index is 1.83. The molecule has 1 aliphatic carbocycles. The first-order valence-corrected chi connectivity index (χ1v) is 8.12. The normalized spacial score (nSPS) is 22.2. The molecule has 1 heterocycles. The Morgan fingerprint density at radius 1 is 1.18 bits per heavy atom. The van der Waals surface area contributed by atoms with Crippen molar-refractivity contribution in [2.75, 3.05) is 0 Å². The Labute approximate surface area is 132 Å². The molecule has 7 heteroatoms. The number of thioether (sulfide) groups is 1. The molecule has 1 atom stereocenters. The standard InChI is InChI=1S/C15H17N5OS/c21-17-13-10-6-1-2-7-11-14(13)22-15-16-18-19-20(15)12-8-4-3-5-9-12/h1-5,8-9,14,21H,6-7,10-11H2/b2-1-,17-13+. The summed E-state index contributed by atoms with van der Waals surface area (Å²) in [4.78, 5) is 0. The zero-order chi connectivity index (χ0) is 15.2. The van der Waals surface area contributed by atoms with Gasteiger partial charge in [-0.05, 0) is 48.2 Å². The van der Waals surface area contributed by atoms with Crippen LogP contribution in [0.4, 0.5) is 0 Å². The van der Waals surface area contributed by atoms with E-state index in [1.807, 2.05) is 30.3 Å². The number of para-hydroxylation sites is 1. The lowest BCUT2D eigenvalue weighted by atomic mass is 10.0. The fourth-order valence-electron chi connectivity index (χ4n) is 2.39. The van der Waals surface area contributed by atoms with E-state index < -0.39 is 0 Å². The average Bonchev–Trinajstić information content (AvgIpc) is 2.99. The summed E-state index contributed by atoms with van der Waals surface area (Å²) >= 11 is 1.55. The fourth-order valence-corrected chi connectivity index (χ4v) is 3.53. The van der Waals surface area contributed by atoms with Gasteiger partial charge in [0.1, 0.15) is 0 Å². The molecule has 3 rings (SSSR count). The van der Waals surface area contributed by atoms with Crippen LogP contribution in [-0.4, -0.2) is 36.4 Å². The minimum Gasteiger partial charge on any atom is -0.411 e. The number of hydrogen-bond acceptors (Lipinski definition) is 6. The molecule has 6 nitrogen and oxygen atoms in total. The van der Waals surface area contributed by atoms with Crippen molar-refractivity contribution < 1.29 is 5.21 Å². The minimum atomic E-state index is 0.0865. The van der Waals surface area contributed by atoms with Gasteiger partial charge in [-0.2, -0.15) is 4.68 Å². The van der Waals surface area contributed by atoms with E-state index in [1.165, 1.54) is 0 Å². The van der Waals surface area contributed by atoms with Gasteiger partial charge in [0.2, 0.25) is 5.16 Å². The van der Waals surface area contributed by atoms with Crippen LogP contribution in [0.5, 0.6) is 0 Å². The van der Waals surface area contributed by atoms with Crippen LogP contribution in [0.25, 0.3) is 5.69 Å². The Kier molecular flexibility index (Phi) is 4.85. The van der Waals surface area contributed by atoms with Crippen molar-refractivity contribution >= 4 is 17.5 Å². The lowest BCUT2D eigenvalue weighted by molar-refractivity contribution is 0.316. The Hall–Kier alpha value is -2.15. The second-order valence-corrected chi connectivity index (χ2v) is 6.16. The number of aromatic nitrogens is 4. The number of allylic oxidation sites excluding steroid dienone is 2. The van der Waals surface area contributed by atoms with Crippen molar-refractivity contribution in [2.24, 2.45) is 5.16 Å². The van der Waals surface area contributed by atoms with Gasteiger partial charge in [0.05, 0.1) is 16.6 Å². The highest BCUT2D eigenvalue weighted by Gasteiger charge is 2.22. The lowest BCUT2D eigenvalue weighted by Crippen LogP contribution is -2.19. The summed E-state index contributed by atoms with van der Waals surface area (Å²) in [6, 6.07) is 9.78. The van der Waals surface area contributed by atoms with Crippen molar-refractivity contribution in [1.29, 1.82) is 0 Å². The second kappa shape index (κ2) is 7.22. The van der Waals surface area contributed by atoms with Crippen LogP contribution in [0.3, 0.4) is 0 Å². The number of nitrogens with zero attached hydrogens (tertiary/aromatic N) is 5. The first kappa shape index (κ1) is 14.8. The summed E-state index contributed by atoms with van der Waals surface area (Å²) < 4.78 is 1.72. The van der Waals surface area contributed by atoms with E-state index >= 15 is 0 Å². The number of oxime groups is 1. The molecule has 0 fully saturated rings. The summed E-state index contributed by atoms with van der Waals surface area (Å²) in [6.45, 7) is 0. The monoisotopic (exact) mass is 315 g/mol. The van der Waals surface area contributed by atoms with Gasteiger partial charge < -0.3 is 5.21 Å². The van der Waals surface area contributed by atoms with E-state index in [4.69, 9.17) is 0 Å². The minimum absolute atomic E-state index is 0.0865. The van der Waals surface area contributed by atoms with Crippen molar-refractivity contribution in [1.82, 2.24) is 20.2 Å². The van der Waals surface area contributed by atoms with Crippen LogP contribution in [0.15, 0.2) is 52.8 Å². The van der Waals surface area contributed by atoms with Crippen molar-refractivity contribution in [3.05, 3.63) is 42.5 Å². The molecule has 2 aromatic rings. The summed E-state index contributed by atoms with van der Waals surface area (Å²) in [5, 5.41) is 25.5. The zero-order valence-electron chi connectivity index (χ0n) is 12.0. The van der Waals surface area contributed by atoms with Gasteiger partial charge in [-0.1, -0.05) is 47.3 Å². The highest BCUT2D eigenvalue weighted by atomic mass is 32.2. The van der Waals surface area contributed by atoms with E-state index in [9.17, 15) is 5.21 Å². The molecule has 0 amide bonds. The molecule has 0 spiro atoms. The lowest BCUT2D eigenvalue weighted by Gasteiger charge is -2.17. The molecule has 1 aliphatic rings. The number of benzene rings is 1. The topological polar surface area (TPSA) is 76.2 Å². The highest BCUT2D eigenvalue weighted by Crippen LogP contribution is 2.29. The van der Waals surface area contributed by atoms with E-state index in [2.05, 4.69) is 32.8 Å². The van der Waals surface area contributed by atoms with Gasteiger partial charge >= 0.3 is 0 Å². The summed E-state index contributed by atoms with van der Waals surface area (Å²) in [6.07, 6.45) is 7.85. The van der Waals surface area contributed by atoms with Crippen LogP contribution in [0.2, 0.25) is 0 Å². The molecule has 0 saturated heterocycles. The Morgan fingerprint density at radius 2 is 2.00 bits per heavy atom. The Bertz CT molecular complexity index is 668. The predicted octanol–water partition coefficient (Wildman–Crippen LogP) is 3.08. The van der Waals surface area contributed by atoms with Gasteiger partial charge in [0, 0.05) is 0 Å². The third kappa shape index (κ3) is 3.36. The van der Waals surface area contributed by atoms with Gasteiger partial charge in [-0.15, -0.1) is 5.10 Å². The van der Waals surface area contributed by atoms with Crippen molar-refractivity contribution in [3.8, 4) is 5.69 Å². The van der Waals surface area contributed by atoms with Crippen molar-refractivity contribution in [3.63, 3.8) is 0 Å². The Morgan fingerprint density at radius 3 is 2.82 bits per heavy atom. The molecule has 0 radical (unpaired) electrons. The molecular formula is C15H17N5OS. The van der Waals surface area contributed by atoms with E-state index in [-0.39, 0.29) is 5.25 Å². The van der Waals surface area contributed by atoms with Crippen LogP contribution in [0, 0.1) is 0 Å². The van der Waals surface area contributed by atoms with Crippen LogP contribution >= 0.6 is 11.8 Å². The molecule has 0 aliphatic heterocycles.